The summed E-state index contributed by atoms with van der Waals surface area (Å²) in [7, 11) is 0. The van der Waals surface area contributed by atoms with Crippen LogP contribution in [0.25, 0.3) is 0 Å². The standard InChI is InChI=1S/C21H26N4O4/c1-2-14-8-4-5-9-16(14)24-13-15(12-17(24)26)18(27)23-25-19(28)21(22-20(25)29)10-6-3-7-11-21/h4-5,8-9,15H,2-3,6-7,10-13H2,1H3,(H,22,29)(H,23,27)/t15-/m1/s1. The Morgan fingerprint density at radius 1 is 1.17 bits per heavy atom. The van der Waals surface area contributed by atoms with Gasteiger partial charge < -0.3 is 10.2 Å². The zero-order chi connectivity index (χ0) is 20.6. The lowest BCUT2D eigenvalue weighted by Gasteiger charge is -2.30. The molecule has 0 radical (unpaired) electrons. The van der Waals surface area contributed by atoms with E-state index in [0.717, 1.165) is 41.9 Å². The number of carbonyl (C=O) groups excluding carboxylic acids is 4. The Morgan fingerprint density at radius 2 is 1.90 bits per heavy atom. The first-order chi connectivity index (χ1) is 13.9. The number of hydrazine groups is 1. The van der Waals surface area contributed by atoms with Gasteiger partial charge in [-0.1, -0.05) is 44.4 Å². The Kier molecular flexibility index (Phi) is 5.02. The van der Waals surface area contributed by atoms with Gasteiger partial charge in [-0.3, -0.25) is 19.8 Å². The molecule has 2 N–H and O–H groups in total. The normalized spacial score (nSPS) is 23.6. The van der Waals surface area contributed by atoms with Gasteiger partial charge in [0.15, 0.2) is 0 Å². The number of hydrogen-bond donors (Lipinski definition) is 2. The number of carbonyl (C=O) groups is 4. The van der Waals surface area contributed by atoms with E-state index in [1.807, 2.05) is 31.2 Å². The Balaban J connectivity index is 1.45. The minimum absolute atomic E-state index is 0.0542. The molecule has 8 heteroatoms. The van der Waals surface area contributed by atoms with Crippen LogP contribution in [-0.4, -0.2) is 40.8 Å². The Labute approximate surface area is 169 Å². The summed E-state index contributed by atoms with van der Waals surface area (Å²) in [5, 5.41) is 3.58. The second-order valence-corrected chi connectivity index (χ2v) is 8.08. The molecule has 0 unspecified atom stereocenters. The first kappa shape index (κ1) is 19.4. The summed E-state index contributed by atoms with van der Waals surface area (Å²) >= 11 is 0. The van der Waals surface area contributed by atoms with Crippen LogP contribution in [0, 0.1) is 5.92 Å². The summed E-state index contributed by atoms with van der Waals surface area (Å²) in [6.45, 7) is 2.25. The summed E-state index contributed by atoms with van der Waals surface area (Å²) in [5.74, 6) is -1.62. The Morgan fingerprint density at radius 3 is 2.62 bits per heavy atom. The quantitative estimate of drug-likeness (QED) is 0.757. The minimum Gasteiger partial charge on any atom is -0.322 e. The molecule has 0 aromatic heterocycles. The van der Waals surface area contributed by atoms with Crippen molar-refractivity contribution in [3.63, 3.8) is 0 Å². The summed E-state index contributed by atoms with van der Waals surface area (Å²) in [5.41, 5.74) is 3.43. The number of amides is 5. The zero-order valence-electron chi connectivity index (χ0n) is 16.6. The lowest BCUT2D eigenvalue weighted by Crippen LogP contribution is -2.52. The van der Waals surface area contributed by atoms with Crippen LogP contribution < -0.4 is 15.6 Å². The molecular weight excluding hydrogens is 372 g/mol. The summed E-state index contributed by atoms with van der Waals surface area (Å²) < 4.78 is 0. The van der Waals surface area contributed by atoms with Crippen LogP contribution in [0.15, 0.2) is 24.3 Å². The first-order valence-electron chi connectivity index (χ1n) is 10.3. The van der Waals surface area contributed by atoms with Gasteiger partial charge in [-0.25, -0.2) is 4.79 Å². The highest BCUT2D eigenvalue weighted by molar-refractivity contribution is 6.08. The molecule has 1 aromatic carbocycles. The third-order valence-electron chi connectivity index (χ3n) is 6.25. The number of rotatable bonds is 4. The highest BCUT2D eigenvalue weighted by atomic mass is 16.2. The van der Waals surface area contributed by atoms with E-state index in [9.17, 15) is 19.2 Å². The number of hydrogen-bond acceptors (Lipinski definition) is 4. The molecule has 2 saturated heterocycles. The zero-order valence-corrected chi connectivity index (χ0v) is 16.6. The molecule has 1 aliphatic carbocycles. The van der Waals surface area contributed by atoms with Crippen molar-refractivity contribution >= 4 is 29.4 Å². The monoisotopic (exact) mass is 398 g/mol. The first-order valence-corrected chi connectivity index (χ1v) is 10.3. The van der Waals surface area contributed by atoms with Crippen molar-refractivity contribution in [1.82, 2.24) is 15.8 Å². The van der Waals surface area contributed by atoms with Crippen molar-refractivity contribution < 1.29 is 19.2 Å². The third-order valence-corrected chi connectivity index (χ3v) is 6.25. The summed E-state index contributed by atoms with van der Waals surface area (Å²) in [6.07, 6.45) is 4.80. The maximum atomic E-state index is 12.8. The molecule has 1 atom stereocenters. The van der Waals surface area contributed by atoms with Gasteiger partial charge in [-0.15, -0.1) is 0 Å². The largest absolute Gasteiger partial charge is 0.344 e. The number of benzene rings is 1. The van der Waals surface area contributed by atoms with Crippen LogP contribution in [-0.2, 0) is 20.8 Å². The predicted molar refractivity (Wildman–Crippen MR) is 106 cm³/mol. The van der Waals surface area contributed by atoms with Crippen molar-refractivity contribution in [2.45, 2.75) is 57.4 Å². The Bertz CT molecular complexity index is 862. The maximum Gasteiger partial charge on any atom is 0.344 e. The highest BCUT2D eigenvalue weighted by Crippen LogP contribution is 2.33. The molecule has 2 heterocycles. The van der Waals surface area contributed by atoms with Gasteiger partial charge >= 0.3 is 6.03 Å². The van der Waals surface area contributed by atoms with Gasteiger partial charge in [0.05, 0.1) is 5.92 Å². The van der Waals surface area contributed by atoms with E-state index in [-0.39, 0.29) is 18.9 Å². The van der Waals surface area contributed by atoms with Gasteiger partial charge in [0.2, 0.25) is 11.8 Å². The molecule has 3 aliphatic rings. The number of nitrogens with one attached hydrogen (secondary N) is 2. The molecule has 2 aliphatic heterocycles. The number of aryl methyl sites for hydroxylation is 1. The van der Waals surface area contributed by atoms with Crippen LogP contribution in [0.5, 0.6) is 0 Å². The van der Waals surface area contributed by atoms with Gasteiger partial charge in [0, 0.05) is 18.7 Å². The lowest BCUT2D eigenvalue weighted by molar-refractivity contribution is -0.141. The van der Waals surface area contributed by atoms with E-state index in [2.05, 4.69) is 10.7 Å². The fraction of sp³-hybridized carbons (Fsp3) is 0.524. The fourth-order valence-corrected chi connectivity index (χ4v) is 4.61. The average molecular weight is 398 g/mol. The maximum absolute atomic E-state index is 12.8. The molecule has 1 spiro atoms. The van der Waals surface area contributed by atoms with Crippen LogP contribution >= 0.6 is 0 Å². The Hall–Kier alpha value is -2.90. The molecule has 8 nitrogen and oxygen atoms in total. The van der Waals surface area contributed by atoms with E-state index < -0.39 is 29.3 Å². The summed E-state index contributed by atoms with van der Waals surface area (Å²) in [6, 6.07) is 7.04. The smallest absolute Gasteiger partial charge is 0.322 e. The molecule has 0 bridgehead atoms. The van der Waals surface area contributed by atoms with Crippen LogP contribution in [0.4, 0.5) is 10.5 Å². The topological polar surface area (TPSA) is 98.8 Å². The summed E-state index contributed by atoms with van der Waals surface area (Å²) in [4.78, 5) is 52.1. The second kappa shape index (κ2) is 7.50. The molecule has 154 valence electrons. The van der Waals surface area contributed by atoms with Crippen molar-refractivity contribution in [1.29, 1.82) is 0 Å². The van der Waals surface area contributed by atoms with Crippen molar-refractivity contribution in [2.75, 3.05) is 11.4 Å². The molecule has 3 fully saturated rings. The number of urea groups is 1. The number of para-hydroxylation sites is 1. The van der Waals surface area contributed by atoms with E-state index >= 15 is 0 Å². The highest BCUT2D eigenvalue weighted by Gasteiger charge is 2.52. The predicted octanol–water partition coefficient (Wildman–Crippen LogP) is 1.89. The third kappa shape index (κ3) is 3.36. The van der Waals surface area contributed by atoms with Crippen LogP contribution in [0.1, 0.15) is 51.0 Å². The molecule has 4 rings (SSSR count). The average Bonchev–Trinajstić information content (AvgIpc) is 3.22. The lowest BCUT2D eigenvalue weighted by atomic mass is 9.82. The van der Waals surface area contributed by atoms with Gasteiger partial charge in [0.25, 0.3) is 5.91 Å². The number of anilines is 1. The second-order valence-electron chi connectivity index (χ2n) is 8.08. The number of imide groups is 1. The molecular formula is C21H26N4O4. The molecule has 1 saturated carbocycles. The van der Waals surface area contributed by atoms with Crippen LogP contribution in [0.3, 0.4) is 0 Å². The fourth-order valence-electron chi connectivity index (χ4n) is 4.61. The van der Waals surface area contributed by atoms with Crippen molar-refractivity contribution in [3.05, 3.63) is 29.8 Å². The van der Waals surface area contributed by atoms with E-state index in [0.29, 0.717) is 12.8 Å². The van der Waals surface area contributed by atoms with Gasteiger partial charge in [0.1, 0.15) is 5.54 Å². The van der Waals surface area contributed by atoms with Crippen molar-refractivity contribution in [2.24, 2.45) is 5.92 Å². The SMILES string of the molecule is CCc1ccccc1N1C[C@H](C(=O)NN2C(=O)NC3(CCCCC3)C2=O)CC1=O. The van der Waals surface area contributed by atoms with E-state index in [1.165, 1.54) is 0 Å². The molecule has 1 aromatic rings. The van der Waals surface area contributed by atoms with E-state index in [4.69, 9.17) is 0 Å². The van der Waals surface area contributed by atoms with Crippen LogP contribution in [0.2, 0.25) is 0 Å². The van der Waals surface area contributed by atoms with Gasteiger partial charge in [-0.05, 0) is 30.9 Å². The molecule has 5 amide bonds. The van der Waals surface area contributed by atoms with Crippen molar-refractivity contribution in [3.8, 4) is 0 Å². The molecule has 29 heavy (non-hydrogen) atoms. The van der Waals surface area contributed by atoms with Gasteiger partial charge in [-0.2, -0.15) is 5.01 Å². The van der Waals surface area contributed by atoms with E-state index in [1.54, 1.807) is 4.90 Å². The minimum atomic E-state index is -0.889. The number of nitrogens with zero attached hydrogens (tertiary/aromatic N) is 2.